The molecule has 0 saturated carbocycles. The maximum absolute atomic E-state index is 4.32. The van der Waals surface area contributed by atoms with Gasteiger partial charge in [-0.3, -0.25) is 4.68 Å². The van der Waals surface area contributed by atoms with Crippen LogP contribution in [0.3, 0.4) is 0 Å². The van der Waals surface area contributed by atoms with Gasteiger partial charge in [0.05, 0.1) is 12.2 Å². The maximum Gasteiger partial charge on any atom is 0.125 e. The Balaban J connectivity index is 1.70. The molecule has 0 spiro atoms. The summed E-state index contributed by atoms with van der Waals surface area (Å²) in [5.41, 5.74) is 0. The van der Waals surface area contributed by atoms with Crippen molar-refractivity contribution in [2.75, 3.05) is 6.54 Å². The minimum absolute atomic E-state index is 0.269. The second kappa shape index (κ2) is 5.58. The van der Waals surface area contributed by atoms with Gasteiger partial charge in [0.1, 0.15) is 5.82 Å². The molecule has 0 aromatic carbocycles. The predicted octanol–water partition coefficient (Wildman–Crippen LogP) is 0.752. The van der Waals surface area contributed by atoms with Crippen molar-refractivity contribution in [2.24, 2.45) is 7.05 Å². The van der Waals surface area contributed by atoms with Gasteiger partial charge in [-0.1, -0.05) is 5.21 Å². The van der Waals surface area contributed by atoms with Gasteiger partial charge in [-0.2, -0.15) is 0 Å². The van der Waals surface area contributed by atoms with E-state index in [1.54, 1.807) is 6.20 Å². The third-order valence-electron chi connectivity index (χ3n) is 2.73. The van der Waals surface area contributed by atoms with Gasteiger partial charge in [-0.05, 0) is 19.9 Å². The van der Waals surface area contributed by atoms with Gasteiger partial charge in [0, 0.05) is 32.2 Å². The van der Waals surface area contributed by atoms with Gasteiger partial charge in [-0.25, -0.2) is 4.98 Å². The summed E-state index contributed by atoms with van der Waals surface area (Å²) in [5.74, 6) is 1.06. The van der Waals surface area contributed by atoms with Gasteiger partial charge in [0.15, 0.2) is 0 Å². The molecular formula is C11H18N6. The molecule has 2 aromatic rings. The Morgan fingerprint density at radius 2 is 2.24 bits per heavy atom. The maximum atomic E-state index is 4.32. The summed E-state index contributed by atoms with van der Waals surface area (Å²) in [6, 6.07) is 0.269. The molecule has 2 heterocycles. The molecule has 1 N–H and O–H groups in total. The zero-order chi connectivity index (χ0) is 12.1. The average Bonchev–Trinajstić information content (AvgIpc) is 2.95. The van der Waals surface area contributed by atoms with Gasteiger partial charge in [0.2, 0.25) is 0 Å². The molecule has 0 aliphatic heterocycles. The Kier molecular flexibility index (Phi) is 3.87. The van der Waals surface area contributed by atoms with E-state index >= 15 is 0 Å². The first-order chi connectivity index (χ1) is 8.27. The summed E-state index contributed by atoms with van der Waals surface area (Å²) in [5, 5.41) is 11.1. The molecule has 17 heavy (non-hydrogen) atoms. The van der Waals surface area contributed by atoms with Crippen molar-refractivity contribution in [2.45, 2.75) is 25.9 Å². The highest BCUT2D eigenvalue weighted by Crippen LogP contribution is 2.07. The molecule has 2 rings (SSSR count). The van der Waals surface area contributed by atoms with Crippen LogP contribution < -0.4 is 5.32 Å². The third kappa shape index (κ3) is 3.13. The van der Waals surface area contributed by atoms with Crippen molar-refractivity contribution in [3.8, 4) is 0 Å². The summed E-state index contributed by atoms with van der Waals surface area (Å²) in [6.07, 6.45) is 8.39. The van der Waals surface area contributed by atoms with Crippen molar-refractivity contribution >= 4 is 0 Å². The van der Waals surface area contributed by atoms with Gasteiger partial charge >= 0.3 is 0 Å². The molecule has 0 fully saturated rings. The summed E-state index contributed by atoms with van der Waals surface area (Å²) in [6.45, 7) is 3.95. The Bertz CT molecular complexity index is 433. The number of nitrogens with zero attached hydrogens (tertiary/aromatic N) is 5. The summed E-state index contributed by atoms with van der Waals surface area (Å²) < 4.78 is 3.88. The average molecular weight is 234 g/mol. The lowest BCUT2D eigenvalue weighted by atomic mass is 10.3. The molecule has 0 aliphatic rings. The molecule has 0 aliphatic carbocycles. The van der Waals surface area contributed by atoms with Crippen LogP contribution in [0.15, 0.2) is 24.8 Å². The molecule has 1 unspecified atom stereocenters. The largest absolute Gasteiger partial charge is 0.337 e. The van der Waals surface area contributed by atoms with E-state index in [1.165, 1.54) is 0 Å². The van der Waals surface area contributed by atoms with E-state index in [2.05, 4.69) is 27.5 Å². The number of aromatic nitrogens is 5. The quantitative estimate of drug-likeness (QED) is 0.749. The molecule has 92 valence electrons. The molecule has 1 atom stereocenters. The number of imidazole rings is 1. The highest BCUT2D eigenvalue weighted by molar-refractivity contribution is 4.96. The van der Waals surface area contributed by atoms with E-state index in [4.69, 9.17) is 0 Å². The number of rotatable bonds is 6. The van der Waals surface area contributed by atoms with Crippen molar-refractivity contribution in [1.29, 1.82) is 0 Å². The van der Waals surface area contributed by atoms with Gasteiger partial charge in [-0.15, -0.1) is 5.10 Å². The van der Waals surface area contributed by atoms with Gasteiger partial charge in [0.25, 0.3) is 0 Å². The lowest BCUT2D eigenvalue weighted by molar-refractivity contribution is 0.482. The monoisotopic (exact) mass is 234 g/mol. The van der Waals surface area contributed by atoms with E-state index in [9.17, 15) is 0 Å². The molecule has 2 aromatic heterocycles. The minimum atomic E-state index is 0.269. The molecule has 0 saturated heterocycles. The second-order valence-corrected chi connectivity index (χ2v) is 4.09. The standard InChI is InChI=1S/C11H18N6/c1-10(11-13-5-8-16(11)2)12-4-3-7-17-9-6-14-15-17/h5-6,8-10,12H,3-4,7H2,1-2H3. The van der Waals surface area contributed by atoms with Crippen molar-refractivity contribution in [1.82, 2.24) is 29.9 Å². The predicted molar refractivity (Wildman–Crippen MR) is 64.3 cm³/mol. The Labute approximate surface area is 101 Å². The van der Waals surface area contributed by atoms with Crippen LogP contribution in [0.1, 0.15) is 25.2 Å². The van der Waals surface area contributed by atoms with Crippen LogP contribution in [0, 0.1) is 0 Å². The van der Waals surface area contributed by atoms with Gasteiger partial charge < -0.3 is 9.88 Å². The SMILES string of the molecule is CC(NCCCn1ccnn1)c1nccn1C. The Morgan fingerprint density at radius 3 is 2.88 bits per heavy atom. The van der Waals surface area contributed by atoms with Crippen molar-refractivity contribution in [3.63, 3.8) is 0 Å². The van der Waals surface area contributed by atoms with Crippen LogP contribution in [0.25, 0.3) is 0 Å². The molecule has 6 heteroatoms. The molecule has 6 nitrogen and oxygen atoms in total. The van der Waals surface area contributed by atoms with Crippen molar-refractivity contribution in [3.05, 3.63) is 30.6 Å². The van der Waals surface area contributed by atoms with Crippen LogP contribution in [0.4, 0.5) is 0 Å². The second-order valence-electron chi connectivity index (χ2n) is 4.09. The zero-order valence-corrected chi connectivity index (χ0v) is 10.2. The Morgan fingerprint density at radius 1 is 1.35 bits per heavy atom. The van der Waals surface area contributed by atoms with E-state index < -0.39 is 0 Å². The highest BCUT2D eigenvalue weighted by Gasteiger charge is 2.08. The molecule has 0 bridgehead atoms. The third-order valence-corrected chi connectivity index (χ3v) is 2.73. The van der Waals surface area contributed by atoms with Crippen LogP contribution in [0.2, 0.25) is 0 Å². The normalized spacial score (nSPS) is 12.8. The fourth-order valence-corrected chi connectivity index (χ4v) is 1.80. The van der Waals surface area contributed by atoms with E-state index in [1.807, 2.05) is 34.9 Å². The first kappa shape index (κ1) is 11.8. The first-order valence-corrected chi connectivity index (χ1v) is 5.82. The summed E-state index contributed by atoms with van der Waals surface area (Å²) >= 11 is 0. The lowest BCUT2D eigenvalue weighted by Gasteiger charge is -2.13. The number of nitrogens with one attached hydrogen (secondary N) is 1. The fraction of sp³-hybridized carbons (Fsp3) is 0.545. The van der Waals surface area contributed by atoms with E-state index in [0.717, 1.165) is 25.3 Å². The summed E-state index contributed by atoms with van der Waals surface area (Å²) in [4.78, 5) is 4.32. The van der Waals surface area contributed by atoms with Crippen molar-refractivity contribution < 1.29 is 0 Å². The molecular weight excluding hydrogens is 216 g/mol. The smallest absolute Gasteiger partial charge is 0.125 e. The number of hydrogen-bond donors (Lipinski definition) is 1. The van der Waals surface area contributed by atoms with Crippen LogP contribution in [-0.4, -0.2) is 31.1 Å². The molecule has 0 amide bonds. The highest BCUT2D eigenvalue weighted by atomic mass is 15.4. The lowest BCUT2D eigenvalue weighted by Crippen LogP contribution is -2.23. The van der Waals surface area contributed by atoms with Crippen LogP contribution in [0.5, 0.6) is 0 Å². The zero-order valence-electron chi connectivity index (χ0n) is 10.2. The topological polar surface area (TPSA) is 60.6 Å². The summed E-state index contributed by atoms with van der Waals surface area (Å²) in [7, 11) is 2.01. The Hall–Kier alpha value is -1.69. The van der Waals surface area contributed by atoms with Crippen LogP contribution >= 0.6 is 0 Å². The molecule has 0 radical (unpaired) electrons. The number of aryl methyl sites for hydroxylation is 2. The fourth-order valence-electron chi connectivity index (χ4n) is 1.80. The first-order valence-electron chi connectivity index (χ1n) is 5.82. The number of hydrogen-bond acceptors (Lipinski definition) is 4. The van der Waals surface area contributed by atoms with E-state index in [-0.39, 0.29) is 6.04 Å². The van der Waals surface area contributed by atoms with E-state index in [0.29, 0.717) is 0 Å². The van der Waals surface area contributed by atoms with Crippen LogP contribution in [-0.2, 0) is 13.6 Å². The minimum Gasteiger partial charge on any atom is -0.337 e.